The number of para-hydroxylation sites is 1. The van der Waals surface area contributed by atoms with Gasteiger partial charge in [-0.3, -0.25) is 4.72 Å². The smallest absolute Gasteiger partial charge is 0.301 e. The van der Waals surface area contributed by atoms with Crippen LogP contribution in [0.4, 0.5) is 5.69 Å². The van der Waals surface area contributed by atoms with Gasteiger partial charge in [-0.05, 0) is 12.1 Å². The first-order valence-electron chi connectivity index (χ1n) is 6.11. The fourth-order valence-electron chi connectivity index (χ4n) is 1.59. The highest BCUT2D eigenvalue weighted by molar-refractivity contribution is 7.90. The Morgan fingerprint density at radius 1 is 1.26 bits per heavy atom. The van der Waals surface area contributed by atoms with E-state index >= 15 is 0 Å². The maximum atomic E-state index is 12.1. The molecule has 104 valence electrons. The summed E-state index contributed by atoms with van der Waals surface area (Å²) in [6.07, 6.45) is 0. The van der Waals surface area contributed by atoms with Crippen LogP contribution in [0.1, 0.15) is 19.4 Å². The van der Waals surface area contributed by atoms with Crippen molar-refractivity contribution in [2.75, 3.05) is 24.4 Å². The molecular weight excluding hydrogens is 262 g/mol. The molecule has 0 saturated heterocycles. The van der Waals surface area contributed by atoms with E-state index in [1.165, 1.54) is 4.31 Å². The summed E-state index contributed by atoms with van der Waals surface area (Å²) in [5.41, 5.74) is 6.41. The minimum atomic E-state index is -3.54. The Labute approximate surface area is 115 Å². The van der Waals surface area contributed by atoms with Crippen LogP contribution in [0.15, 0.2) is 24.3 Å². The predicted molar refractivity (Wildman–Crippen MR) is 77.8 cm³/mol. The van der Waals surface area contributed by atoms with Gasteiger partial charge in [-0.1, -0.05) is 37.8 Å². The summed E-state index contributed by atoms with van der Waals surface area (Å²) < 4.78 is 28.2. The fraction of sp³-hybridized carbons (Fsp3) is 0.385. The summed E-state index contributed by atoms with van der Waals surface area (Å²) in [4.78, 5) is 0. The number of nitrogens with two attached hydrogens (primary N) is 1. The van der Waals surface area contributed by atoms with Crippen LogP contribution in [0.3, 0.4) is 0 Å². The third-order valence-corrected chi connectivity index (χ3v) is 4.21. The van der Waals surface area contributed by atoms with Gasteiger partial charge in [0.15, 0.2) is 0 Å². The molecule has 0 unspecified atom stereocenters. The Kier molecular flexibility index (Phi) is 5.83. The van der Waals surface area contributed by atoms with Crippen molar-refractivity contribution in [3.05, 3.63) is 29.8 Å². The molecule has 0 heterocycles. The van der Waals surface area contributed by atoms with Gasteiger partial charge in [0.25, 0.3) is 0 Å². The molecule has 0 atom stereocenters. The van der Waals surface area contributed by atoms with Crippen LogP contribution in [0.2, 0.25) is 0 Å². The van der Waals surface area contributed by atoms with Gasteiger partial charge in [0.1, 0.15) is 0 Å². The summed E-state index contributed by atoms with van der Waals surface area (Å²) in [5.74, 6) is 5.57. The van der Waals surface area contributed by atoms with E-state index in [4.69, 9.17) is 5.73 Å². The normalized spacial score (nSPS) is 10.9. The van der Waals surface area contributed by atoms with Crippen LogP contribution < -0.4 is 10.5 Å². The topological polar surface area (TPSA) is 75.4 Å². The Hall–Kier alpha value is -1.55. The third-order valence-electron chi connectivity index (χ3n) is 2.54. The maximum Gasteiger partial charge on any atom is 0.301 e. The second-order valence-corrected chi connectivity index (χ2v) is 5.41. The van der Waals surface area contributed by atoms with Crippen LogP contribution in [0.25, 0.3) is 0 Å². The summed E-state index contributed by atoms with van der Waals surface area (Å²) in [5, 5.41) is 0. The molecule has 0 aliphatic heterocycles. The van der Waals surface area contributed by atoms with E-state index in [2.05, 4.69) is 16.6 Å². The minimum absolute atomic E-state index is 0.233. The average Bonchev–Trinajstić information content (AvgIpc) is 2.38. The second-order valence-electron chi connectivity index (χ2n) is 3.74. The predicted octanol–water partition coefficient (Wildman–Crippen LogP) is 0.995. The molecule has 0 aromatic heterocycles. The quantitative estimate of drug-likeness (QED) is 0.790. The van der Waals surface area contributed by atoms with Gasteiger partial charge in [-0.25, -0.2) is 0 Å². The molecule has 1 aromatic rings. The van der Waals surface area contributed by atoms with Crippen molar-refractivity contribution in [3.63, 3.8) is 0 Å². The zero-order valence-electron chi connectivity index (χ0n) is 11.2. The highest BCUT2D eigenvalue weighted by Gasteiger charge is 2.19. The maximum absolute atomic E-state index is 12.1. The Balaban J connectivity index is 3.06. The Morgan fingerprint density at radius 2 is 1.89 bits per heavy atom. The lowest BCUT2D eigenvalue weighted by atomic mass is 10.2. The standard InChI is InChI=1S/C13H19N3O2S/c1-3-16(4-2)19(17,18)15-13-10-6-5-8-12(13)9-7-11-14/h5-6,8,10,15H,3-4,11,14H2,1-2H3. The van der Waals surface area contributed by atoms with Crippen molar-refractivity contribution in [2.45, 2.75) is 13.8 Å². The zero-order valence-corrected chi connectivity index (χ0v) is 12.0. The molecule has 0 fully saturated rings. The molecule has 0 radical (unpaired) electrons. The van der Waals surface area contributed by atoms with Gasteiger partial charge in [0.05, 0.1) is 12.2 Å². The fourth-order valence-corrected chi connectivity index (χ4v) is 2.86. The van der Waals surface area contributed by atoms with Crippen LogP contribution in [-0.2, 0) is 10.2 Å². The van der Waals surface area contributed by atoms with Crippen LogP contribution >= 0.6 is 0 Å². The molecule has 0 bridgehead atoms. The van der Waals surface area contributed by atoms with Crippen LogP contribution in [0, 0.1) is 11.8 Å². The van der Waals surface area contributed by atoms with Crippen molar-refractivity contribution in [1.29, 1.82) is 0 Å². The van der Waals surface area contributed by atoms with Gasteiger partial charge >= 0.3 is 10.2 Å². The number of hydrogen-bond acceptors (Lipinski definition) is 3. The van der Waals surface area contributed by atoms with Crippen molar-refractivity contribution < 1.29 is 8.42 Å². The molecule has 0 aliphatic rings. The number of nitrogens with zero attached hydrogens (tertiary/aromatic N) is 1. The Morgan fingerprint density at radius 3 is 2.47 bits per heavy atom. The van der Waals surface area contributed by atoms with Gasteiger partial charge in [-0.15, -0.1) is 0 Å². The van der Waals surface area contributed by atoms with E-state index < -0.39 is 10.2 Å². The van der Waals surface area contributed by atoms with E-state index in [-0.39, 0.29) is 6.54 Å². The molecule has 6 heteroatoms. The molecule has 19 heavy (non-hydrogen) atoms. The van der Waals surface area contributed by atoms with Crippen molar-refractivity contribution in [2.24, 2.45) is 5.73 Å². The van der Waals surface area contributed by atoms with Gasteiger partial charge in [0.2, 0.25) is 0 Å². The number of anilines is 1. The van der Waals surface area contributed by atoms with Gasteiger partial charge in [-0.2, -0.15) is 12.7 Å². The van der Waals surface area contributed by atoms with Gasteiger partial charge in [0, 0.05) is 18.7 Å². The van der Waals surface area contributed by atoms with Crippen molar-refractivity contribution in [1.82, 2.24) is 4.31 Å². The first kappa shape index (κ1) is 15.5. The molecule has 0 aliphatic carbocycles. The molecule has 0 spiro atoms. The van der Waals surface area contributed by atoms with E-state index in [1.54, 1.807) is 38.1 Å². The Bertz CT molecular complexity index is 569. The first-order valence-corrected chi connectivity index (χ1v) is 7.55. The molecule has 0 amide bonds. The number of hydrogen-bond donors (Lipinski definition) is 2. The van der Waals surface area contributed by atoms with Crippen molar-refractivity contribution in [3.8, 4) is 11.8 Å². The summed E-state index contributed by atoms with van der Waals surface area (Å²) in [6.45, 7) is 4.66. The monoisotopic (exact) mass is 281 g/mol. The van der Waals surface area contributed by atoms with E-state index in [9.17, 15) is 8.42 Å². The van der Waals surface area contributed by atoms with Crippen LogP contribution in [-0.4, -0.2) is 32.4 Å². The third kappa shape index (κ3) is 4.24. The van der Waals surface area contributed by atoms with E-state index in [0.29, 0.717) is 24.3 Å². The number of rotatable bonds is 5. The van der Waals surface area contributed by atoms with Crippen LogP contribution in [0.5, 0.6) is 0 Å². The van der Waals surface area contributed by atoms with E-state index in [1.807, 2.05) is 0 Å². The molecule has 1 rings (SSSR count). The molecule has 5 nitrogen and oxygen atoms in total. The van der Waals surface area contributed by atoms with Gasteiger partial charge < -0.3 is 5.73 Å². The molecular formula is C13H19N3O2S. The molecule has 0 saturated carbocycles. The SMILES string of the molecule is CCN(CC)S(=O)(=O)Nc1ccccc1C#CCN. The summed E-state index contributed by atoms with van der Waals surface area (Å²) >= 11 is 0. The first-order chi connectivity index (χ1) is 9.05. The molecule has 3 N–H and O–H groups in total. The largest absolute Gasteiger partial charge is 0.320 e. The zero-order chi connectivity index (χ0) is 14.3. The lowest BCUT2D eigenvalue weighted by Crippen LogP contribution is -2.35. The average molecular weight is 281 g/mol. The summed E-state index contributed by atoms with van der Waals surface area (Å²) in [6, 6.07) is 6.99. The van der Waals surface area contributed by atoms with E-state index in [0.717, 1.165) is 0 Å². The number of nitrogens with one attached hydrogen (secondary N) is 1. The molecule has 1 aromatic carbocycles. The summed E-state index contributed by atoms with van der Waals surface area (Å²) in [7, 11) is -3.54. The highest BCUT2D eigenvalue weighted by atomic mass is 32.2. The minimum Gasteiger partial charge on any atom is -0.320 e. The highest BCUT2D eigenvalue weighted by Crippen LogP contribution is 2.16. The number of benzene rings is 1. The lowest BCUT2D eigenvalue weighted by Gasteiger charge is -2.19. The lowest BCUT2D eigenvalue weighted by molar-refractivity contribution is 0.449. The van der Waals surface area contributed by atoms with Crippen molar-refractivity contribution >= 4 is 15.9 Å². The second kappa shape index (κ2) is 7.14.